The van der Waals surface area contributed by atoms with E-state index >= 15 is 0 Å². The van der Waals surface area contributed by atoms with Crippen LogP contribution < -0.4 is 14.9 Å². The predicted molar refractivity (Wildman–Crippen MR) is 117 cm³/mol. The number of halogens is 2. The Bertz CT molecular complexity index is 1060. The number of hydrogen-bond acceptors (Lipinski definition) is 5. The van der Waals surface area contributed by atoms with Gasteiger partial charge in [0.05, 0.1) is 41.9 Å². The first-order valence-electron chi connectivity index (χ1n) is 9.31. The molecular weight excluding hydrogens is 408 g/mol. The van der Waals surface area contributed by atoms with E-state index in [1.165, 1.54) is 11.9 Å². The highest BCUT2D eigenvalue weighted by Gasteiger charge is 2.43. The molecule has 3 heterocycles. The molecule has 6 nitrogen and oxygen atoms in total. The summed E-state index contributed by atoms with van der Waals surface area (Å²) in [6.45, 7) is -0.563. The molecule has 0 bridgehead atoms. The Kier molecular flexibility index (Phi) is 5.38. The molecule has 2 aromatic heterocycles. The molecule has 1 amide bonds. The van der Waals surface area contributed by atoms with Crippen LogP contribution in [-0.4, -0.2) is 40.7 Å². The number of carbonyl (C=O) groups excluding carboxylic acids is 1. The second kappa shape index (κ2) is 7.98. The molecular formula is C21H21F2N5OS. The van der Waals surface area contributed by atoms with E-state index in [0.29, 0.717) is 22.6 Å². The summed E-state index contributed by atoms with van der Waals surface area (Å²) >= 11 is 1.48. The molecule has 1 saturated heterocycles. The van der Waals surface area contributed by atoms with E-state index < -0.39 is 5.92 Å². The molecule has 1 aromatic carbocycles. The third-order valence-electron chi connectivity index (χ3n) is 4.83. The third-order valence-corrected chi connectivity index (χ3v) is 5.27. The molecule has 30 heavy (non-hydrogen) atoms. The Morgan fingerprint density at radius 2 is 1.93 bits per heavy atom. The maximum Gasteiger partial charge on any atom is 0.282 e. The van der Waals surface area contributed by atoms with Crippen LogP contribution >= 0.6 is 11.9 Å². The Morgan fingerprint density at radius 3 is 2.60 bits per heavy atom. The van der Waals surface area contributed by atoms with Crippen molar-refractivity contribution in [2.45, 2.75) is 5.92 Å². The van der Waals surface area contributed by atoms with Crippen LogP contribution in [0, 0.1) is 0 Å². The number of rotatable bonds is 6. The molecule has 9 heteroatoms. The van der Waals surface area contributed by atoms with Gasteiger partial charge in [-0.2, -0.15) is 0 Å². The van der Waals surface area contributed by atoms with Gasteiger partial charge in [0.1, 0.15) is 0 Å². The second-order valence-corrected chi connectivity index (χ2v) is 7.79. The van der Waals surface area contributed by atoms with Gasteiger partial charge < -0.3 is 19.5 Å². The van der Waals surface area contributed by atoms with Gasteiger partial charge in [-0.05, 0) is 36.4 Å². The molecule has 0 atom stereocenters. The zero-order chi connectivity index (χ0) is 21.3. The highest BCUT2D eigenvalue weighted by molar-refractivity contribution is 7.99. The summed E-state index contributed by atoms with van der Waals surface area (Å²) in [5.74, 6) is -2.85. The average Bonchev–Trinajstić information content (AvgIpc) is 3.09. The summed E-state index contributed by atoms with van der Waals surface area (Å²) in [5.41, 5.74) is 4.19. The highest BCUT2D eigenvalue weighted by atomic mass is 32.2. The molecule has 2 N–H and O–H groups in total. The maximum atomic E-state index is 13.1. The van der Waals surface area contributed by atoms with Crippen molar-refractivity contribution in [3.63, 3.8) is 0 Å². The van der Waals surface area contributed by atoms with E-state index in [0.717, 1.165) is 11.4 Å². The molecule has 1 aliphatic rings. The number of hydrogen-bond donors (Lipinski definition) is 2. The number of nitrogens with one attached hydrogen (secondary N) is 2. The van der Waals surface area contributed by atoms with E-state index in [-0.39, 0.29) is 19.0 Å². The smallest absolute Gasteiger partial charge is 0.282 e. The van der Waals surface area contributed by atoms with Crippen molar-refractivity contribution < 1.29 is 13.6 Å². The Labute approximate surface area is 177 Å². The lowest BCUT2D eigenvalue weighted by molar-refractivity contribution is -0.0262. The van der Waals surface area contributed by atoms with Gasteiger partial charge in [0, 0.05) is 30.9 Å². The van der Waals surface area contributed by atoms with Crippen LogP contribution in [0.15, 0.2) is 54.9 Å². The van der Waals surface area contributed by atoms with Gasteiger partial charge in [-0.25, -0.2) is 8.78 Å². The molecule has 4 rings (SSSR count). The molecule has 0 aliphatic carbocycles. The summed E-state index contributed by atoms with van der Waals surface area (Å²) in [7, 11) is 1.83. The Balaban J connectivity index is 1.47. The zero-order valence-corrected chi connectivity index (χ0v) is 17.3. The fourth-order valence-electron chi connectivity index (χ4n) is 3.34. The maximum absolute atomic E-state index is 13.1. The number of carbonyl (C=O) groups is 1. The molecule has 1 aliphatic heterocycles. The summed E-state index contributed by atoms with van der Waals surface area (Å²) in [6, 6.07) is 12.8. The first-order valence-corrected chi connectivity index (χ1v) is 10.5. The van der Waals surface area contributed by atoms with E-state index in [4.69, 9.17) is 0 Å². The second-order valence-electron chi connectivity index (χ2n) is 7.18. The van der Waals surface area contributed by atoms with Gasteiger partial charge in [0.15, 0.2) is 0 Å². The van der Waals surface area contributed by atoms with Crippen molar-refractivity contribution in [3.05, 3.63) is 60.4 Å². The topological polar surface area (TPSA) is 62.2 Å². The quantitative estimate of drug-likeness (QED) is 0.566. The monoisotopic (exact) mass is 429 g/mol. The molecule has 0 saturated carbocycles. The molecule has 1 fully saturated rings. The van der Waals surface area contributed by atoms with Crippen molar-refractivity contribution in [2.24, 2.45) is 7.05 Å². The molecule has 0 unspecified atom stereocenters. The highest BCUT2D eigenvalue weighted by Crippen LogP contribution is 2.32. The van der Waals surface area contributed by atoms with Gasteiger partial charge >= 0.3 is 0 Å². The van der Waals surface area contributed by atoms with E-state index in [2.05, 4.69) is 15.0 Å². The van der Waals surface area contributed by atoms with Gasteiger partial charge in [0.2, 0.25) is 0 Å². The average molecular weight is 429 g/mol. The Morgan fingerprint density at radius 1 is 1.17 bits per heavy atom. The number of benzene rings is 1. The summed E-state index contributed by atoms with van der Waals surface area (Å²) < 4.78 is 31.1. The fourth-order valence-corrected chi connectivity index (χ4v) is 3.71. The van der Waals surface area contributed by atoms with Crippen LogP contribution in [0.1, 0.15) is 10.4 Å². The van der Waals surface area contributed by atoms with Crippen LogP contribution in [0.3, 0.4) is 0 Å². The van der Waals surface area contributed by atoms with Crippen molar-refractivity contribution >= 4 is 34.9 Å². The predicted octanol–water partition coefficient (Wildman–Crippen LogP) is 4.48. The SMILES string of the molecule is CSNc1cccc(NC(=O)c2cc(-c3ccc(N4CC(F)(F)C4)cn3)n(C)c2)c1. The van der Waals surface area contributed by atoms with Crippen LogP contribution in [0.4, 0.5) is 25.8 Å². The molecule has 0 spiro atoms. The summed E-state index contributed by atoms with van der Waals surface area (Å²) in [4.78, 5) is 18.7. The van der Waals surface area contributed by atoms with E-state index in [1.54, 1.807) is 35.5 Å². The van der Waals surface area contributed by atoms with E-state index in [9.17, 15) is 13.6 Å². The number of anilines is 3. The standard InChI is InChI=1S/C21H21F2N5OS/c1-27-11-14(20(29)25-15-4-3-5-16(9-15)26-30-2)8-19(27)18-7-6-17(10-24-18)28-12-21(22,23)13-28/h3-11,26H,12-13H2,1-2H3,(H,25,29). The number of aryl methyl sites for hydroxylation is 1. The number of pyridine rings is 1. The van der Waals surface area contributed by atoms with Crippen molar-refractivity contribution in [1.29, 1.82) is 0 Å². The minimum Gasteiger partial charge on any atom is -0.358 e. The van der Waals surface area contributed by atoms with Gasteiger partial charge in [-0.1, -0.05) is 18.0 Å². The number of nitrogens with zero attached hydrogens (tertiary/aromatic N) is 3. The van der Waals surface area contributed by atoms with Gasteiger partial charge in [0.25, 0.3) is 11.8 Å². The molecule has 3 aromatic rings. The minimum absolute atomic E-state index is 0.224. The summed E-state index contributed by atoms with van der Waals surface area (Å²) in [6.07, 6.45) is 5.25. The molecule has 156 valence electrons. The number of alkyl halides is 2. The Hall–Kier alpha value is -3.07. The van der Waals surface area contributed by atoms with Crippen LogP contribution in [0.2, 0.25) is 0 Å². The minimum atomic E-state index is -2.62. The normalized spacial score (nSPS) is 14.9. The van der Waals surface area contributed by atoms with E-state index in [1.807, 2.05) is 42.1 Å². The number of amides is 1. The first-order chi connectivity index (χ1) is 14.3. The van der Waals surface area contributed by atoms with Crippen LogP contribution in [0.5, 0.6) is 0 Å². The molecule has 0 radical (unpaired) electrons. The van der Waals surface area contributed by atoms with Gasteiger partial charge in [-0.3, -0.25) is 9.78 Å². The lowest BCUT2D eigenvalue weighted by Gasteiger charge is -2.40. The third kappa shape index (κ3) is 4.25. The largest absolute Gasteiger partial charge is 0.358 e. The van der Waals surface area contributed by atoms with Crippen molar-refractivity contribution in [1.82, 2.24) is 9.55 Å². The lowest BCUT2D eigenvalue weighted by Crippen LogP contribution is -2.56. The summed E-state index contributed by atoms with van der Waals surface area (Å²) in [5, 5.41) is 2.90. The van der Waals surface area contributed by atoms with Crippen LogP contribution in [0.25, 0.3) is 11.4 Å². The lowest BCUT2D eigenvalue weighted by atomic mass is 10.1. The zero-order valence-electron chi connectivity index (χ0n) is 16.5. The first kappa shape index (κ1) is 20.2. The van der Waals surface area contributed by atoms with Gasteiger partial charge in [-0.15, -0.1) is 0 Å². The van der Waals surface area contributed by atoms with Crippen LogP contribution in [-0.2, 0) is 7.05 Å². The number of aromatic nitrogens is 2. The fraction of sp³-hybridized carbons (Fsp3) is 0.238. The van der Waals surface area contributed by atoms with Crippen molar-refractivity contribution in [3.8, 4) is 11.4 Å². The van der Waals surface area contributed by atoms with Crippen molar-refractivity contribution in [2.75, 3.05) is 34.3 Å².